The second-order valence-corrected chi connectivity index (χ2v) is 13.8. The topological polar surface area (TPSA) is 79.4 Å². The molecule has 4 rings (SSSR count). The standard InChI is InChI=1S/C25H29F2N3O3Si/c1-25(2,3)34(18-10-6-4-7-11-18,19-12-8-5-9-13-19)32-16-17-14-20(26)23(33-17)30-15-21(27)22(28)29-24(30)31/h4-13,15,17,20,23H,14,16H2,1-3H3,(H2,28,29,31)/t17-,20+,23?/m1/s1. The maximum absolute atomic E-state index is 14.9. The minimum atomic E-state index is -2.83. The molecule has 0 aliphatic carbocycles. The molecule has 2 N–H and O–H groups in total. The van der Waals surface area contributed by atoms with E-state index in [0.29, 0.717) is 0 Å². The maximum Gasteiger partial charge on any atom is 0.351 e. The van der Waals surface area contributed by atoms with Crippen LogP contribution in [0.3, 0.4) is 0 Å². The Kier molecular flexibility index (Phi) is 6.70. The molecule has 1 saturated heterocycles. The predicted molar refractivity (Wildman–Crippen MR) is 130 cm³/mol. The van der Waals surface area contributed by atoms with Gasteiger partial charge in [-0.1, -0.05) is 81.4 Å². The summed E-state index contributed by atoms with van der Waals surface area (Å²) in [6.07, 6.45) is -2.57. The molecular formula is C25H29F2N3O3Si. The van der Waals surface area contributed by atoms with Gasteiger partial charge in [-0.05, 0) is 15.4 Å². The fourth-order valence-corrected chi connectivity index (χ4v) is 9.26. The van der Waals surface area contributed by atoms with Gasteiger partial charge >= 0.3 is 5.69 Å². The smallest absolute Gasteiger partial charge is 0.351 e. The molecule has 1 aliphatic rings. The van der Waals surface area contributed by atoms with Crippen molar-refractivity contribution in [3.63, 3.8) is 0 Å². The fraction of sp³-hybridized carbons (Fsp3) is 0.360. The Balaban J connectivity index is 1.64. The van der Waals surface area contributed by atoms with E-state index in [9.17, 15) is 13.6 Å². The van der Waals surface area contributed by atoms with Crippen molar-refractivity contribution in [1.82, 2.24) is 9.55 Å². The van der Waals surface area contributed by atoms with Gasteiger partial charge in [0, 0.05) is 6.42 Å². The molecule has 1 fully saturated rings. The lowest BCUT2D eigenvalue weighted by molar-refractivity contribution is -0.0373. The monoisotopic (exact) mass is 485 g/mol. The highest BCUT2D eigenvalue weighted by atomic mass is 28.4. The summed E-state index contributed by atoms with van der Waals surface area (Å²) < 4.78 is 42.3. The van der Waals surface area contributed by atoms with E-state index in [0.717, 1.165) is 21.1 Å². The number of alkyl halides is 1. The van der Waals surface area contributed by atoms with Crippen molar-refractivity contribution in [2.75, 3.05) is 12.3 Å². The minimum absolute atomic E-state index is 0.0152. The van der Waals surface area contributed by atoms with Crippen molar-refractivity contribution in [2.24, 2.45) is 0 Å². The molecule has 0 bridgehead atoms. The zero-order valence-electron chi connectivity index (χ0n) is 19.4. The lowest BCUT2D eigenvalue weighted by Gasteiger charge is -2.43. The molecule has 1 aliphatic heterocycles. The summed E-state index contributed by atoms with van der Waals surface area (Å²) in [6.45, 7) is 6.58. The third-order valence-electron chi connectivity index (χ3n) is 6.24. The van der Waals surface area contributed by atoms with Crippen LogP contribution in [0.5, 0.6) is 0 Å². The van der Waals surface area contributed by atoms with Crippen LogP contribution in [0.1, 0.15) is 33.4 Å². The van der Waals surface area contributed by atoms with Crippen molar-refractivity contribution in [1.29, 1.82) is 0 Å². The average Bonchev–Trinajstić information content (AvgIpc) is 3.17. The second kappa shape index (κ2) is 9.40. The van der Waals surface area contributed by atoms with E-state index >= 15 is 0 Å². The molecule has 0 spiro atoms. The van der Waals surface area contributed by atoms with E-state index in [2.05, 4.69) is 50.0 Å². The quantitative estimate of drug-likeness (QED) is 0.543. The molecule has 0 saturated carbocycles. The summed E-state index contributed by atoms with van der Waals surface area (Å²) in [7, 11) is -2.83. The summed E-state index contributed by atoms with van der Waals surface area (Å²) >= 11 is 0. The van der Waals surface area contributed by atoms with E-state index in [-0.39, 0.29) is 18.1 Å². The normalized spacial score (nSPS) is 21.0. The van der Waals surface area contributed by atoms with E-state index in [4.69, 9.17) is 14.9 Å². The number of benzene rings is 2. The number of hydrogen-bond acceptors (Lipinski definition) is 5. The van der Waals surface area contributed by atoms with Crippen LogP contribution >= 0.6 is 0 Å². The first-order valence-corrected chi connectivity index (χ1v) is 13.1. The third kappa shape index (κ3) is 4.43. The van der Waals surface area contributed by atoms with Gasteiger partial charge < -0.3 is 14.9 Å². The van der Waals surface area contributed by atoms with Crippen molar-refractivity contribution in [3.05, 3.63) is 83.2 Å². The van der Waals surface area contributed by atoms with Gasteiger partial charge in [-0.3, -0.25) is 4.57 Å². The highest BCUT2D eigenvalue weighted by Gasteiger charge is 2.51. The van der Waals surface area contributed by atoms with Crippen LogP contribution in [0, 0.1) is 5.82 Å². The Morgan fingerprint density at radius 2 is 1.68 bits per heavy atom. The SMILES string of the molecule is CC(C)(C)[Si](OC[C@H]1C[C@H](F)C(n2cc(F)c(N)nc2=O)O1)(c1ccccc1)c1ccccc1. The Bertz CT molecular complexity index is 1150. The lowest BCUT2D eigenvalue weighted by atomic mass is 10.2. The van der Waals surface area contributed by atoms with Crippen LogP contribution < -0.4 is 21.8 Å². The molecule has 0 radical (unpaired) electrons. The number of aromatic nitrogens is 2. The molecule has 1 unspecified atom stereocenters. The predicted octanol–water partition coefficient (Wildman–Crippen LogP) is 3.17. The van der Waals surface area contributed by atoms with Gasteiger partial charge in [0.2, 0.25) is 0 Å². The first kappa shape index (κ1) is 24.2. The largest absolute Gasteiger partial charge is 0.405 e. The van der Waals surface area contributed by atoms with Crippen molar-refractivity contribution < 1.29 is 17.9 Å². The molecule has 2 aromatic carbocycles. The lowest BCUT2D eigenvalue weighted by Crippen LogP contribution is -2.67. The summed E-state index contributed by atoms with van der Waals surface area (Å²) in [5.74, 6) is -1.43. The van der Waals surface area contributed by atoms with E-state index in [1.54, 1.807) is 0 Å². The van der Waals surface area contributed by atoms with Gasteiger partial charge in [0.05, 0.1) is 18.9 Å². The molecule has 0 amide bonds. The number of nitrogens with two attached hydrogens (primary N) is 1. The highest BCUT2D eigenvalue weighted by Crippen LogP contribution is 2.38. The van der Waals surface area contributed by atoms with E-state index in [1.165, 1.54) is 0 Å². The second-order valence-electron chi connectivity index (χ2n) is 9.54. The van der Waals surface area contributed by atoms with Crippen molar-refractivity contribution in [3.8, 4) is 0 Å². The van der Waals surface area contributed by atoms with Gasteiger partial charge in [-0.25, -0.2) is 13.6 Å². The summed E-state index contributed by atoms with van der Waals surface area (Å²) in [5.41, 5.74) is 4.49. The van der Waals surface area contributed by atoms with Crippen molar-refractivity contribution >= 4 is 24.5 Å². The Morgan fingerprint density at radius 1 is 1.12 bits per heavy atom. The molecule has 34 heavy (non-hydrogen) atoms. The van der Waals surface area contributed by atoms with Gasteiger partial charge in [-0.2, -0.15) is 4.98 Å². The maximum atomic E-state index is 14.9. The van der Waals surface area contributed by atoms with E-state index in [1.807, 2.05) is 36.4 Å². The van der Waals surface area contributed by atoms with Crippen LogP contribution in [-0.4, -0.2) is 36.8 Å². The first-order valence-electron chi connectivity index (χ1n) is 11.2. The molecule has 180 valence electrons. The first-order chi connectivity index (χ1) is 16.1. The summed E-state index contributed by atoms with van der Waals surface area (Å²) in [5, 5.41) is 1.95. The van der Waals surface area contributed by atoms with Crippen molar-refractivity contribution in [2.45, 2.75) is 50.7 Å². The number of hydrogen-bond donors (Lipinski definition) is 1. The number of ether oxygens (including phenoxy) is 1. The van der Waals surface area contributed by atoms with Gasteiger partial charge in [0.1, 0.15) is 6.17 Å². The fourth-order valence-electron chi connectivity index (χ4n) is 4.67. The van der Waals surface area contributed by atoms with Crippen LogP contribution in [0.25, 0.3) is 0 Å². The number of rotatable bonds is 6. The molecule has 1 aromatic heterocycles. The van der Waals surface area contributed by atoms with Gasteiger partial charge in [0.15, 0.2) is 17.9 Å². The van der Waals surface area contributed by atoms with Crippen LogP contribution in [0.15, 0.2) is 71.7 Å². The molecule has 3 atom stereocenters. The average molecular weight is 486 g/mol. The van der Waals surface area contributed by atoms with Crippen LogP contribution in [0.4, 0.5) is 14.6 Å². The number of nitrogen functional groups attached to an aromatic ring is 1. The molecule has 6 nitrogen and oxygen atoms in total. The van der Waals surface area contributed by atoms with Crippen LogP contribution in [0.2, 0.25) is 5.04 Å². The molecular weight excluding hydrogens is 456 g/mol. The molecule has 9 heteroatoms. The third-order valence-corrected chi connectivity index (χ3v) is 11.2. The van der Waals surface area contributed by atoms with Crippen LogP contribution in [-0.2, 0) is 9.16 Å². The highest BCUT2D eigenvalue weighted by molar-refractivity contribution is 6.99. The molecule has 3 aromatic rings. The minimum Gasteiger partial charge on any atom is -0.405 e. The number of nitrogens with zero attached hydrogens (tertiary/aromatic N) is 2. The zero-order chi connectivity index (χ0) is 24.5. The Morgan fingerprint density at radius 3 is 2.21 bits per heavy atom. The number of anilines is 1. The van der Waals surface area contributed by atoms with Gasteiger partial charge in [-0.15, -0.1) is 0 Å². The molecule has 2 heterocycles. The Hall–Kier alpha value is -2.88. The van der Waals surface area contributed by atoms with Gasteiger partial charge in [0.25, 0.3) is 8.32 Å². The Labute approximate surface area is 198 Å². The van der Waals surface area contributed by atoms with E-state index < -0.39 is 44.1 Å². The summed E-state index contributed by atoms with van der Waals surface area (Å²) in [4.78, 5) is 15.6. The zero-order valence-corrected chi connectivity index (χ0v) is 20.4. The number of halogens is 2. The summed E-state index contributed by atoms with van der Waals surface area (Å²) in [6, 6.07) is 20.2.